The minimum absolute atomic E-state index is 0.183. The molecule has 1 aliphatic rings. The third kappa shape index (κ3) is 4.68. The molecule has 0 spiro atoms. The maximum absolute atomic E-state index is 13.1. The lowest BCUT2D eigenvalue weighted by Crippen LogP contribution is -2.66. The summed E-state index contributed by atoms with van der Waals surface area (Å²) in [6, 6.07) is 7.20. The van der Waals surface area contributed by atoms with E-state index in [1.807, 2.05) is 12.1 Å². The average Bonchev–Trinajstić information content (AvgIpc) is 2.59. The predicted molar refractivity (Wildman–Crippen MR) is 99.1 cm³/mol. The Kier molecular flexibility index (Phi) is 6.89. The number of methoxy groups -OCH3 is 1. The molecule has 1 atom stereocenters. The molecule has 8 heteroatoms. The van der Waals surface area contributed by atoms with Crippen molar-refractivity contribution >= 4 is 40.4 Å². The van der Waals surface area contributed by atoms with E-state index in [1.165, 1.54) is 12.0 Å². The van der Waals surface area contributed by atoms with Crippen molar-refractivity contribution in [2.75, 3.05) is 20.2 Å². The topological polar surface area (TPSA) is 66.9 Å². The fraction of sp³-hybridized carbons (Fsp3) is 0.500. The molecule has 1 aromatic rings. The highest BCUT2D eigenvalue weighted by molar-refractivity contribution is 6.63. The number of hydrogen-bond acceptors (Lipinski definition) is 4. The number of nitrogens with zero attached hydrogens (tertiary/aromatic N) is 2. The van der Waals surface area contributed by atoms with Crippen molar-refractivity contribution in [2.45, 2.75) is 38.3 Å². The fourth-order valence-electron chi connectivity index (χ4n) is 2.98. The number of carbonyl (C=O) groups is 3. The van der Waals surface area contributed by atoms with Gasteiger partial charge in [0.1, 0.15) is 5.54 Å². The van der Waals surface area contributed by atoms with Crippen molar-refractivity contribution in [1.82, 2.24) is 9.80 Å². The first-order valence-corrected chi connectivity index (χ1v) is 9.11. The van der Waals surface area contributed by atoms with Gasteiger partial charge in [0.2, 0.25) is 5.91 Å². The number of esters is 1. The van der Waals surface area contributed by atoms with Gasteiger partial charge in [0.15, 0.2) is 0 Å². The summed E-state index contributed by atoms with van der Waals surface area (Å²) in [6.07, 6.45) is 1.24. The highest BCUT2D eigenvalue weighted by atomic mass is 35.5. The molecule has 0 radical (unpaired) electrons. The number of halogens is 2. The Morgan fingerprint density at radius 3 is 2.42 bits per heavy atom. The van der Waals surface area contributed by atoms with Crippen molar-refractivity contribution in [3.05, 3.63) is 34.9 Å². The zero-order valence-electron chi connectivity index (χ0n) is 14.8. The Labute approximate surface area is 163 Å². The first-order valence-electron chi connectivity index (χ1n) is 8.35. The van der Waals surface area contributed by atoms with Gasteiger partial charge in [-0.25, -0.2) is 0 Å². The lowest BCUT2D eigenvalue weighted by molar-refractivity contribution is -0.149. The molecule has 6 nitrogen and oxygen atoms in total. The number of hydrogen-bond donors (Lipinski definition) is 0. The fourth-order valence-corrected chi connectivity index (χ4v) is 3.38. The van der Waals surface area contributed by atoms with Crippen LogP contribution in [0.15, 0.2) is 24.3 Å². The summed E-state index contributed by atoms with van der Waals surface area (Å²) in [5.74, 6) is -0.506. The van der Waals surface area contributed by atoms with Crippen LogP contribution in [0.25, 0.3) is 0 Å². The maximum Gasteiger partial charge on any atom is 0.317 e. The van der Waals surface area contributed by atoms with Crippen LogP contribution in [0.1, 0.15) is 31.7 Å². The van der Waals surface area contributed by atoms with Gasteiger partial charge < -0.3 is 14.5 Å². The van der Waals surface area contributed by atoms with Gasteiger partial charge in [-0.1, -0.05) is 23.7 Å². The van der Waals surface area contributed by atoms with E-state index in [1.54, 1.807) is 24.0 Å². The van der Waals surface area contributed by atoms with Crippen molar-refractivity contribution in [1.29, 1.82) is 0 Å². The molecule has 1 unspecified atom stereocenters. The molecule has 1 aliphatic heterocycles. The summed E-state index contributed by atoms with van der Waals surface area (Å²) in [7, 11) is 1.33. The van der Waals surface area contributed by atoms with Crippen molar-refractivity contribution < 1.29 is 19.1 Å². The van der Waals surface area contributed by atoms with Gasteiger partial charge in [0.25, 0.3) is 0 Å². The Bertz CT molecular complexity index is 680. The molecule has 2 amide bonds. The number of rotatable bonds is 7. The highest BCUT2D eigenvalue weighted by Crippen LogP contribution is 2.34. The van der Waals surface area contributed by atoms with E-state index in [2.05, 4.69) is 4.74 Å². The third-order valence-electron chi connectivity index (χ3n) is 4.70. The molecule has 0 bridgehead atoms. The minimum Gasteiger partial charge on any atom is -0.469 e. The number of likely N-dealkylation sites (tertiary alicyclic amines) is 1. The van der Waals surface area contributed by atoms with Crippen LogP contribution in [-0.2, 0) is 20.9 Å². The van der Waals surface area contributed by atoms with Crippen LogP contribution in [0.2, 0.25) is 5.02 Å². The van der Waals surface area contributed by atoms with Crippen LogP contribution >= 0.6 is 23.2 Å². The molecule has 0 N–H and O–H groups in total. The Hall–Kier alpha value is -1.79. The molecular formula is C18H22Cl2N2O4. The van der Waals surface area contributed by atoms with Crippen molar-refractivity contribution in [3.8, 4) is 0 Å². The SMILES string of the molecule is COC(=O)CCCN(Cc1ccc(Cl)cc1)C(=O)C1(C)CCN1C(=O)Cl. The van der Waals surface area contributed by atoms with Crippen LogP contribution in [0.3, 0.4) is 0 Å². The summed E-state index contributed by atoms with van der Waals surface area (Å²) < 4.78 is 4.64. The average molecular weight is 401 g/mol. The van der Waals surface area contributed by atoms with Crippen molar-refractivity contribution in [2.24, 2.45) is 0 Å². The molecule has 26 heavy (non-hydrogen) atoms. The molecule has 142 valence electrons. The highest BCUT2D eigenvalue weighted by Gasteiger charge is 2.50. The molecule has 0 aromatic heterocycles. The second-order valence-electron chi connectivity index (χ2n) is 6.46. The van der Waals surface area contributed by atoms with Crippen LogP contribution in [0.5, 0.6) is 0 Å². The van der Waals surface area contributed by atoms with Gasteiger partial charge in [-0.2, -0.15) is 0 Å². The molecule has 1 aromatic carbocycles. The van der Waals surface area contributed by atoms with Crippen LogP contribution in [0, 0.1) is 0 Å². The summed E-state index contributed by atoms with van der Waals surface area (Å²) in [4.78, 5) is 39.0. The van der Waals surface area contributed by atoms with E-state index in [4.69, 9.17) is 23.2 Å². The second kappa shape index (κ2) is 8.73. The first-order chi connectivity index (χ1) is 12.3. The van der Waals surface area contributed by atoms with Crippen LogP contribution < -0.4 is 0 Å². The maximum atomic E-state index is 13.1. The summed E-state index contributed by atoms with van der Waals surface area (Å²) in [5, 5.41) is -0.0183. The van der Waals surface area contributed by atoms with E-state index in [0.29, 0.717) is 37.5 Å². The number of benzene rings is 1. The van der Waals surface area contributed by atoms with Crippen LogP contribution in [0.4, 0.5) is 4.79 Å². The molecular weight excluding hydrogens is 379 g/mol. The lowest BCUT2D eigenvalue weighted by atomic mass is 9.85. The normalized spacial score (nSPS) is 18.8. The minimum atomic E-state index is -0.948. The number of carbonyl (C=O) groups excluding carboxylic acids is 3. The van der Waals surface area contributed by atoms with E-state index >= 15 is 0 Å². The van der Waals surface area contributed by atoms with E-state index in [9.17, 15) is 14.4 Å². The van der Waals surface area contributed by atoms with Gasteiger partial charge in [-0.15, -0.1) is 0 Å². The zero-order valence-corrected chi connectivity index (χ0v) is 16.3. The van der Waals surface area contributed by atoms with Crippen LogP contribution in [-0.4, -0.2) is 52.8 Å². The third-order valence-corrected chi connectivity index (χ3v) is 5.16. The quantitative estimate of drug-likeness (QED) is 0.399. The first kappa shape index (κ1) is 20.5. The molecule has 0 saturated carbocycles. The Balaban J connectivity index is 2.13. The van der Waals surface area contributed by atoms with Gasteiger partial charge in [-0.3, -0.25) is 14.4 Å². The van der Waals surface area contributed by atoms with Gasteiger partial charge >= 0.3 is 11.3 Å². The predicted octanol–water partition coefficient (Wildman–Crippen LogP) is 3.45. The largest absolute Gasteiger partial charge is 0.469 e. The summed E-state index contributed by atoms with van der Waals surface area (Å²) in [5.41, 5.74) is -0.0382. The van der Waals surface area contributed by atoms with Gasteiger partial charge in [0.05, 0.1) is 7.11 Å². The molecule has 1 heterocycles. The van der Waals surface area contributed by atoms with E-state index in [-0.39, 0.29) is 18.3 Å². The van der Waals surface area contributed by atoms with Gasteiger partial charge in [0, 0.05) is 31.1 Å². The van der Waals surface area contributed by atoms with E-state index in [0.717, 1.165) is 5.56 Å². The molecule has 2 rings (SSSR count). The monoisotopic (exact) mass is 400 g/mol. The van der Waals surface area contributed by atoms with Gasteiger partial charge in [-0.05, 0) is 49.1 Å². The zero-order chi connectivity index (χ0) is 19.3. The Morgan fingerprint density at radius 2 is 1.92 bits per heavy atom. The molecule has 1 saturated heterocycles. The molecule has 0 aliphatic carbocycles. The summed E-state index contributed by atoms with van der Waals surface area (Å²) in [6.45, 7) is 2.91. The van der Waals surface area contributed by atoms with Crippen molar-refractivity contribution in [3.63, 3.8) is 0 Å². The lowest BCUT2D eigenvalue weighted by Gasteiger charge is -2.49. The number of amides is 2. The van der Waals surface area contributed by atoms with E-state index < -0.39 is 10.9 Å². The standard InChI is InChI=1S/C18H22Cl2N2O4/c1-18(9-11-22(18)17(20)25)16(24)21(10-3-4-15(23)26-2)12-13-5-7-14(19)8-6-13/h5-8H,3-4,9-12H2,1-2H3. The Morgan fingerprint density at radius 1 is 1.27 bits per heavy atom. The second-order valence-corrected chi connectivity index (χ2v) is 7.22. The number of ether oxygens (including phenoxy) is 1. The smallest absolute Gasteiger partial charge is 0.317 e. The summed E-state index contributed by atoms with van der Waals surface area (Å²) >= 11 is 11.5. The molecule has 1 fully saturated rings.